The summed E-state index contributed by atoms with van der Waals surface area (Å²) < 4.78 is 0. The second-order valence-corrected chi connectivity index (χ2v) is 6.42. The van der Waals surface area contributed by atoms with Crippen LogP contribution >= 0.6 is 0 Å². The molecule has 3 N–H and O–H groups in total. The Hall–Kier alpha value is -3.41. The first-order valence-electron chi connectivity index (χ1n) is 9.44. The molecule has 0 radical (unpaired) electrons. The van der Waals surface area contributed by atoms with Gasteiger partial charge in [0.2, 0.25) is 0 Å². The number of carbonyl (C=O) groups is 1. The average molecular weight is 375 g/mol. The largest absolute Gasteiger partial charge is 0.370 e. The van der Waals surface area contributed by atoms with Gasteiger partial charge < -0.3 is 16.0 Å². The number of hydrogen-bond acceptors (Lipinski definition) is 5. The second kappa shape index (κ2) is 8.99. The Balaban J connectivity index is 1.65. The summed E-state index contributed by atoms with van der Waals surface area (Å²) in [6.45, 7) is 6.77. The molecule has 3 rings (SSSR count). The van der Waals surface area contributed by atoms with Gasteiger partial charge in [-0.05, 0) is 62.2 Å². The number of hydrogen-bond donors (Lipinski definition) is 3. The van der Waals surface area contributed by atoms with E-state index < -0.39 is 0 Å². The van der Waals surface area contributed by atoms with Crippen LogP contribution in [0.3, 0.4) is 0 Å². The van der Waals surface area contributed by atoms with Crippen LogP contribution in [0.25, 0.3) is 0 Å². The number of anilines is 4. The fourth-order valence-electron chi connectivity index (χ4n) is 2.78. The number of carbonyl (C=O) groups excluding carboxylic acids is 1. The van der Waals surface area contributed by atoms with Crippen molar-refractivity contribution in [1.82, 2.24) is 9.97 Å². The summed E-state index contributed by atoms with van der Waals surface area (Å²) in [5.41, 5.74) is 3.48. The molecule has 6 heteroatoms. The molecule has 0 saturated heterocycles. The highest BCUT2D eigenvalue weighted by molar-refractivity contribution is 6.04. The number of amides is 1. The fourth-order valence-corrected chi connectivity index (χ4v) is 2.78. The lowest BCUT2D eigenvalue weighted by Crippen LogP contribution is -2.11. The van der Waals surface area contributed by atoms with Gasteiger partial charge in [0.1, 0.15) is 17.5 Å². The van der Waals surface area contributed by atoms with Gasteiger partial charge in [0.05, 0.1) is 0 Å². The molecule has 0 fully saturated rings. The first-order valence-corrected chi connectivity index (χ1v) is 9.44. The number of benzene rings is 2. The molecule has 6 nitrogen and oxygen atoms in total. The molecule has 0 aliphatic rings. The maximum absolute atomic E-state index is 12.4. The van der Waals surface area contributed by atoms with Gasteiger partial charge in [-0.1, -0.05) is 19.1 Å². The van der Waals surface area contributed by atoms with Gasteiger partial charge >= 0.3 is 0 Å². The normalized spacial score (nSPS) is 10.4. The molecule has 28 heavy (non-hydrogen) atoms. The summed E-state index contributed by atoms with van der Waals surface area (Å²) in [6.07, 6.45) is 0.957. The predicted octanol–water partition coefficient (Wildman–Crippen LogP) is 4.78. The van der Waals surface area contributed by atoms with E-state index in [1.54, 1.807) is 0 Å². The highest BCUT2D eigenvalue weighted by atomic mass is 16.1. The van der Waals surface area contributed by atoms with Crippen LogP contribution in [0.5, 0.6) is 0 Å². The molecule has 1 heterocycles. The summed E-state index contributed by atoms with van der Waals surface area (Å²) >= 11 is 0. The highest BCUT2D eigenvalue weighted by Crippen LogP contribution is 2.20. The topological polar surface area (TPSA) is 78.9 Å². The van der Waals surface area contributed by atoms with Crippen molar-refractivity contribution < 1.29 is 4.79 Å². The van der Waals surface area contributed by atoms with Crippen molar-refractivity contribution >= 4 is 28.9 Å². The van der Waals surface area contributed by atoms with Crippen molar-refractivity contribution in [1.29, 1.82) is 0 Å². The Morgan fingerprint density at radius 1 is 0.893 bits per heavy atom. The Kier molecular flexibility index (Phi) is 6.22. The molecule has 2 aromatic carbocycles. The Bertz CT molecular complexity index is 936. The van der Waals surface area contributed by atoms with Crippen molar-refractivity contribution in [2.45, 2.75) is 27.2 Å². The molecule has 144 valence electrons. The second-order valence-electron chi connectivity index (χ2n) is 6.42. The predicted molar refractivity (Wildman–Crippen MR) is 114 cm³/mol. The monoisotopic (exact) mass is 375 g/mol. The molecule has 1 aromatic heterocycles. The first-order chi connectivity index (χ1) is 13.6. The first kappa shape index (κ1) is 19.4. The number of aromatic nitrogens is 2. The van der Waals surface area contributed by atoms with Crippen molar-refractivity contribution in [3.8, 4) is 0 Å². The molecule has 0 unspecified atom stereocenters. The van der Waals surface area contributed by atoms with E-state index in [9.17, 15) is 4.79 Å². The van der Waals surface area contributed by atoms with Crippen LogP contribution in [0.2, 0.25) is 0 Å². The summed E-state index contributed by atoms with van der Waals surface area (Å²) in [6, 6.07) is 17.1. The van der Waals surface area contributed by atoms with Crippen LogP contribution in [0, 0.1) is 6.92 Å². The third kappa shape index (κ3) is 5.07. The summed E-state index contributed by atoms with van der Waals surface area (Å²) in [5, 5.41) is 9.37. The minimum Gasteiger partial charge on any atom is -0.370 e. The summed E-state index contributed by atoms with van der Waals surface area (Å²) in [4.78, 5) is 21.1. The van der Waals surface area contributed by atoms with Gasteiger partial charge in [-0.25, -0.2) is 9.97 Å². The smallest absolute Gasteiger partial charge is 0.255 e. The van der Waals surface area contributed by atoms with Gasteiger partial charge in [0.25, 0.3) is 5.91 Å². The SMILES string of the molecule is CCNc1cc(Nc2ccc(NC(=O)c3ccc(CC)cc3)cc2)nc(C)n1. The number of rotatable bonds is 7. The zero-order valence-corrected chi connectivity index (χ0v) is 16.4. The van der Waals surface area contributed by atoms with Crippen molar-refractivity contribution in [3.05, 3.63) is 71.5 Å². The fraction of sp³-hybridized carbons (Fsp3) is 0.227. The molecule has 0 saturated carbocycles. The van der Waals surface area contributed by atoms with Crippen LogP contribution in [0.4, 0.5) is 23.0 Å². The van der Waals surface area contributed by atoms with Crippen molar-refractivity contribution in [3.63, 3.8) is 0 Å². The van der Waals surface area contributed by atoms with E-state index in [1.807, 2.05) is 68.4 Å². The van der Waals surface area contributed by atoms with E-state index >= 15 is 0 Å². The number of nitrogens with one attached hydrogen (secondary N) is 3. The maximum Gasteiger partial charge on any atom is 0.255 e. The van der Waals surface area contributed by atoms with E-state index in [-0.39, 0.29) is 5.91 Å². The van der Waals surface area contributed by atoms with E-state index in [4.69, 9.17) is 0 Å². The molecular formula is C22H25N5O. The molecule has 0 atom stereocenters. The van der Waals surface area contributed by atoms with Gasteiger partial charge in [-0.15, -0.1) is 0 Å². The zero-order valence-electron chi connectivity index (χ0n) is 16.4. The van der Waals surface area contributed by atoms with Gasteiger partial charge in [-0.2, -0.15) is 0 Å². The molecule has 0 spiro atoms. The molecule has 0 aliphatic heterocycles. The third-order valence-electron chi connectivity index (χ3n) is 4.24. The van der Waals surface area contributed by atoms with E-state index in [1.165, 1.54) is 5.56 Å². The number of aryl methyl sites for hydroxylation is 2. The quantitative estimate of drug-likeness (QED) is 0.554. The molecule has 0 aliphatic carbocycles. The standard InChI is InChI=1S/C22H25N5O/c1-4-16-6-8-17(9-7-16)22(28)27-19-12-10-18(11-13-19)26-21-14-20(23-5-2)24-15(3)25-21/h6-14H,4-5H2,1-3H3,(H,27,28)(H2,23,24,25,26). The third-order valence-corrected chi connectivity index (χ3v) is 4.24. The van der Waals surface area contributed by atoms with Crippen molar-refractivity contribution in [2.75, 3.05) is 22.5 Å². The van der Waals surface area contributed by atoms with Crippen LogP contribution in [-0.4, -0.2) is 22.4 Å². The summed E-state index contributed by atoms with van der Waals surface area (Å²) in [7, 11) is 0. The lowest BCUT2D eigenvalue weighted by Gasteiger charge is -2.10. The Labute approximate surface area is 165 Å². The molecule has 3 aromatic rings. The van der Waals surface area contributed by atoms with Crippen LogP contribution < -0.4 is 16.0 Å². The number of nitrogens with zero attached hydrogens (tertiary/aromatic N) is 2. The Morgan fingerprint density at radius 3 is 2.18 bits per heavy atom. The minimum atomic E-state index is -0.120. The van der Waals surface area contributed by atoms with E-state index in [2.05, 4.69) is 32.8 Å². The van der Waals surface area contributed by atoms with Crippen LogP contribution in [-0.2, 0) is 6.42 Å². The maximum atomic E-state index is 12.4. The lowest BCUT2D eigenvalue weighted by atomic mass is 10.1. The molecule has 1 amide bonds. The molecule has 0 bridgehead atoms. The van der Waals surface area contributed by atoms with Crippen LogP contribution in [0.1, 0.15) is 35.6 Å². The van der Waals surface area contributed by atoms with Gasteiger partial charge in [0.15, 0.2) is 0 Å². The van der Waals surface area contributed by atoms with E-state index in [0.717, 1.165) is 36.0 Å². The van der Waals surface area contributed by atoms with E-state index in [0.29, 0.717) is 11.4 Å². The van der Waals surface area contributed by atoms with Crippen molar-refractivity contribution in [2.24, 2.45) is 0 Å². The zero-order chi connectivity index (χ0) is 19.9. The highest BCUT2D eigenvalue weighted by Gasteiger charge is 2.07. The minimum absolute atomic E-state index is 0.120. The Morgan fingerprint density at radius 2 is 1.54 bits per heavy atom. The lowest BCUT2D eigenvalue weighted by molar-refractivity contribution is 0.102. The molecular weight excluding hydrogens is 350 g/mol. The summed E-state index contributed by atoms with van der Waals surface area (Å²) in [5.74, 6) is 2.08. The van der Waals surface area contributed by atoms with Gasteiger partial charge in [0, 0.05) is 29.5 Å². The van der Waals surface area contributed by atoms with Crippen LogP contribution in [0.15, 0.2) is 54.6 Å². The van der Waals surface area contributed by atoms with Gasteiger partial charge in [-0.3, -0.25) is 4.79 Å². The average Bonchev–Trinajstić information content (AvgIpc) is 2.69.